The fraction of sp³-hybridized carbons (Fsp3) is 0.909. The Hall–Kier alpha value is -0.570. The summed E-state index contributed by atoms with van der Waals surface area (Å²) < 4.78 is 4.76. The van der Waals surface area contributed by atoms with Gasteiger partial charge < -0.3 is 10.1 Å². The molecule has 0 aromatic heterocycles. The molecule has 0 bridgehead atoms. The summed E-state index contributed by atoms with van der Waals surface area (Å²) in [6.07, 6.45) is 6.35. The zero-order valence-corrected chi connectivity index (χ0v) is 8.79. The van der Waals surface area contributed by atoms with Crippen molar-refractivity contribution in [2.75, 3.05) is 13.7 Å². The average Bonchev–Trinajstić information content (AvgIpc) is 3.01. The minimum Gasteiger partial charge on any atom is -0.468 e. The van der Waals surface area contributed by atoms with Gasteiger partial charge in [-0.05, 0) is 37.6 Å². The van der Waals surface area contributed by atoms with Crippen LogP contribution in [0.2, 0.25) is 0 Å². The number of carbonyl (C=O) groups excluding carboxylic acids is 1. The smallest absolute Gasteiger partial charge is 0.322 e. The van der Waals surface area contributed by atoms with Crippen LogP contribution in [0.1, 0.15) is 32.1 Å². The van der Waals surface area contributed by atoms with E-state index in [4.69, 9.17) is 4.74 Å². The SMILES string of the molecule is COC(=O)[C@H]1C[C@H](CC2CC2)CCN1. The quantitative estimate of drug-likeness (QED) is 0.694. The Kier molecular flexibility index (Phi) is 3.06. The molecule has 0 aromatic rings. The molecule has 1 aliphatic heterocycles. The van der Waals surface area contributed by atoms with E-state index in [1.54, 1.807) is 0 Å². The van der Waals surface area contributed by atoms with E-state index in [2.05, 4.69) is 5.32 Å². The Morgan fingerprint density at radius 2 is 2.14 bits per heavy atom. The highest BCUT2D eigenvalue weighted by Gasteiger charge is 2.31. The molecular formula is C11H19NO2. The summed E-state index contributed by atoms with van der Waals surface area (Å²) in [6.45, 7) is 0.969. The third kappa shape index (κ3) is 2.47. The molecule has 3 nitrogen and oxygen atoms in total. The molecule has 2 atom stereocenters. The van der Waals surface area contributed by atoms with Crippen LogP contribution in [-0.2, 0) is 9.53 Å². The van der Waals surface area contributed by atoms with E-state index in [-0.39, 0.29) is 12.0 Å². The van der Waals surface area contributed by atoms with Crippen molar-refractivity contribution in [1.82, 2.24) is 5.32 Å². The molecule has 0 amide bonds. The van der Waals surface area contributed by atoms with Gasteiger partial charge >= 0.3 is 5.97 Å². The number of piperidine rings is 1. The number of hydrogen-bond donors (Lipinski definition) is 1. The molecule has 14 heavy (non-hydrogen) atoms. The summed E-state index contributed by atoms with van der Waals surface area (Å²) in [6, 6.07) is -0.0440. The van der Waals surface area contributed by atoms with Gasteiger partial charge in [0.15, 0.2) is 0 Å². The van der Waals surface area contributed by atoms with Crippen LogP contribution in [0.3, 0.4) is 0 Å². The summed E-state index contributed by atoms with van der Waals surface area (Å²) >= 11 is 0. The van der Waals surface area contributed by atoms with Gasteiger partial charge in [-0.15, -0.1) is 0 Å². The number of methoxy groups -OCH3 is 1. The minimum absolute atomic E-state index is 0.0440. The fourth-order valence-corrected chi connectivity index (χ4v) is 2.36. The second kappa shape index (κ2) is 4.30. The second-order valence-corrected chi connectivity index (χ2v) is 4.60. The summed E-state index contributed by atoms with van der Waals surface area (Å²) in [7, 11) is 1.47. The third-order valence-corrected chi connectivity index (χ3v) is 3.36. The van der Waals surface area contributed by atoms with Crippen LogP contribution in [-0.4, -0.2) is 25.7 Å². The molecule has 2 rings (SSSR count). The van der Waals surface area contributed by atoms with Crippen LogP contribution in [0.15, 0.2) is 0 Å². The lowest BCUT2D eigenvalue weighted by molar-refractivity contribution is -0.144. The van der Waals surface area contributed by atoms with Crippen molar-refractivity contribution in [2.45, 2.75) is 38.1 Å². The Morgan fingerprint density at radius 1 is 1.36 bits per heavy atom. The molecule has 1 heterocycles. The molecule has 3 heteroatoms. The lowest BCUT2D eigenvalue weighted by Gasteiger charge is -2.28. The first-order valence-corrected chi connectivity index (χ1v) is 5.61. The normalized spacial score (nSPS) is 32.6. The lowest BCUT2D eigenvalue weighted by Crippen LogP contribution is -2.44. The number of ether oxygens (including phenoxy) is 1. The number of hydrogen-bond acceptors (Lipinski definition) is 3. The summed E-state index contributed by atoms with van der Waals surface area (Å²) in [4.78, 5) is 11.3. The van der Waals surface area contributed by atoms with Crippen LogP contribution in [0.25, 0.3) is 0 Å². The van der Waals surface area contributed by atoms with Gasteiger partial charge in [-0.2, -0.15) is 0 Å². The van der Waals surface area contributed by atoms with Crippen molar-refractivity contribution in [3.05, 3.63) is 0 Å². The molecule has 0 spiro atoms. The number of nitrogens with one attached hydrogen (secondary N) is 1. The number of esters is 1. The Labute approximate surface area is 85.2 Å². The van der Waals surface area contributed by atoms with E-state index in [0.717, 1.165) is 24.8 Å². The minimum atomic E-state index is -0.0921. The van der Waals surface area contributed by atoms with Crippen LogP contribution in [0.4, 0.5) is 0 Å². The van der Waals surface area contributed by atoms with Gasteiger partial charge in [0.25, 0.3) is 0 Å². The monoisotopic (exact) mass is 197 g/mol. The van der Waals surface area contributed by atoms with Gasteiger partial charge in [0, 0.05) is 0 Å². The van der Waals surface area contributed by atoms with E-state index >= 15 is 0 Å². The third-order valence-electron chi connectivity index (χ3n) is 3.36. The fourth-order valence-electron chi connectivity index (χ4n) is 2.36. The molecule has 1 saturated heterocycles. The first-order chi connectivity index (χ1) is 6.79. The molecule has 2 aliphatic rings. The van der Waals surface area contributed by atoms with Gasteiger partial charge in [-0.3, -0.25) is 4.79 Å². The van der Waals surface area contributed by atoms with Crippen molar-refractivity contribution >= 4 is 5.97 Å². The average molecular weight is 197 g/mol. The van der Waals surface area contributed by atoms with Gasteiger partial charge in [-0.1, -0.05) is 12.8 Å². The van der Waals surface area contributed by atoms with Gasteiger partial charge in [0.2, 0.25) is 0 Å². The molecule has 1 N–H and O–H groups in total. The first-order valence-electron chi connectivity index (χ1n) is 5.61. The van der Waals surface area contributed by atoms with Crippen LogP contribution < -0.4 is 5.32 Å². The van der Waals surface area contributed by atoms with Crippen molar-refractivity contribution in [2.24, 2.45) is 11.8 Å². The van der Waals surface area contributed by atoms with E-state index < -0.39 is 0 Å². The zero-order valence-electron chi connectivity index (χ0n) is 8.79. The van der Waals surface area contributed by atoms with Crippen LogP contribution in [0.5, 0.6) is 0 Å². The molecule has 1 saturated carbocycles. The van der Waals surface area contributed by atoms with E-state index in [1.165, 1.54) is 32.8 Å². The number of rotatable bonds is 3. The number of carbonyl (C=O) groups is 1. The van der Waals surface area contributed by atoms with E-state index in [0.29, 0.717) is 0 Å². The van der Waals surface area contributed by atoms with Crippen LogP contribution in [0, 0.1) is 11.8 Å². The Morgan fingerprint density at radius 3 is 2.79 bits per heavy atom. The first kappa shape index (κ1) is 9.97. The second-order valence-electron chi connectivity index (χ2n) is 4.60. The molecule has 80 valence electrons. The van der Waals surface area contributed by atoms with E-state index in [1.807, 2.05) is 0 Å². The van der Waals surface area contributed by atoms with Crippen molar-refractivity contribution < 1.29 is 9.53 Å². The highest BCUT2D eigenvalue weighted by molar-refractivity contribution is 5.75. The zero-order chi connectivity index (χ0) is 9.97. The van der Waals surface area contributed by atoms with Crippen molar-refractivity contribution in [3.63, 3.8) is 0 Å². The lowest BCUT2D eigenvalue weighted by atomic mass is 9.88. The van der Waals surface area contributed by atoms with E-state index in [9.17, 15) is 4.79 Å². The molecule has 0 aromatic carbocycles. The van der Waals surface area contributed by atoms with Crippen LogP contribution >= 0.6 is 0 Å². The molecule has 0 radical (unpaired) electrons. The topological polar surface area (TPSA) is 38.3 Å². The summed E-state index contributed by atoms with van der Waals surface area (Å²) in [5, 5.41) is 3.22. The predicted octanol–water partition coefficient (Wildman–Crippen LogP) is 1.33. The highest BCUT2D eigenvalue weighted by atomic mass is 16.5. The molecule has 1 aliphatic carbocycles. The highest BCUT2D eigenvalue weighted by Crippen LogP contribution is 2.38. The van der Waals surface area contributed by atoms with Gasteiger partial charge in [0.05, 0.1) is 7.11 Å². The molecule has 0 unspecified atom stereocenters. The largest absolute Gasteiger partial charge is 0.468 e. The predicted molar refractivity (Wildman–Crippen MR) is 53.9 cm³/mol. The maximum atomic E-state index is 11.3. The molecule has 2 fully saturated rings. The summed E-state index contributed by atoms with van der Waals surface area (Å²) in [5.74, 6) is 1.62. The molecular weight excluding hydrogens is 178 g/mol. The Balaban J connectivity index is 1.79. The summed E-state index contributed by atoms with van der Waals surface area (Å²) in [5.41, 5.74) is 0. The Bertz CT molecular complexity index is 213. The van der Waals surface area contributed by atoms with Gasteiger partial charge in [0.1, 0.15) is 6.04 Å². The van der Waals surface area contributed by atoms with Crippen molar-refractivity contribution in [1.29, 1.82) is 0 Å². The van der Waals surface area contributed by atoms with Gasteiger partial charge in [-0.25, -0.2) is 0 Å². The van der Waals surface area contributed by atoms with Crippen molar-refractivity contribution in [3.8, 4) is 0 Å². The maximum Gasteiger partial charge on any atom is 0.322 e. The standard InChI is InChI=1S/C11H19NO2/c1-14-11(13)10-7-9(4-5-12-10)6-8-2-3-8/h8-10,12H,2-7H2,1H3/t9-,10+/m0/s1. The maximum absolute atomic E-state index is 11.3.